The van der Waals surface area contributed by atoms with Gasteiger partial charge in [0, 0.05) is 64.9 Å². The highest BCUT2D eigenvalue weighted by atomic mass is 35.5. The summed E-state index contributed by atoms with van der Waals surface area (Å²) >= 11 is 6.63. The van der Waals surface area contributed by atoms with Gasteiger partial charge in [-0.1, -0.05) is 23.7 Å². The maximum absolute atomic E-state index is 13.7. The van der Waals surface area contributed by atoms with E-state index in [0.29, 0.717) is 56.1 Å². The number of likely N-dealkylation sites (N-methyl/N-ethyl adjacent to an activating group) is 1. The minimum absolute atomic E-state index is 0.0628. The van der Waals surface area contributed by atoms with Crippen molar-refractivity contribution in [2.45, 2.75) is 19.3 Å². The second-order valence-electron chi connectivity index (χ2n) is 11.4. The Balaban J connectivity index is 1.40. The summed E-state index contributed by atoms with van der Waals surface area (Å²) in [5.74, 6) is -1.52. The molecule has 5 rings (SSSR count). The van der Waals surface area contributed by atoms with Gasteiger partial charge in [0.2, 0.25) is 0 Å². The highest BCUT2D eigenvalue weighted by Crippen LogP contribution is 2.31. The zero-order valence-corrected chi connectivity index (χ0v) is 24.9. The molecular weight excluding hydrogens is 561 g/mol. The maximum atomic E-state index is 13.7. The molecule has 42 heavy (non-hydrogen) atoms. The van der Waals surface area contributed by atoms with Gasteiger partial charge in [-0.15, -0.1) is 0 Å². The summed E-state index contributed by atoms with van der Waals surface area (Å²) in [5, 5.41) is 0.493. The summed E-state index contributed by atoms with van der Waals surface area (Å²) < 4.78 is 14.6. The molecule has 0 radical (unpaired) electrons. The van der Waals surface area contributed by atoms with Crippen LogP contribution in [0.15, 0.2) is 42.6 Å². The molecule has 222 valence electrons. The lowest BCUT2D eigenvalue weighted by Crippen LogP contribution is -2.49. The fourth-order valence-corrected chi connectivity index (χ4v) is 5.94. The van der Waals surface area contributed by atoms with Gasteiger partial charge in [0.05, 0.1) is 21.7 Å². The van der Waals surface area contributed by atoms with Crippen molar-refractivity contribution < 1.29 is 23.6 Å². The molecule has 0 bridgehead atoms. The van der Waals surface area contributed by atoms with E-state index < -0.39 is 17.7 Å². The number of likely N-dealkylation sites (tertiary alicyclic amines) is 1. The highest BCUT2D eigenvalue weighted by molar-refractivity contribution is 6.45. The monoisotopic (exact) mass is 595 g/mol. The summed E-state index contributed by atoms with van der Waals surface area (Å²) in [5.41, 5.74) is 1.70. The molecule has 2 aliphatic rings. The van der Waals surface area contributed by atoms with Crippen LogP contribution in [-0.2, 0) is 11.2 Å². The van der Waals surface area contributed by atoms with E-state index in [2.05, 4.69) is 4.90 Å². The number of halogens is 2. The van der Waals surface area contributed by atoms with E-state index in [0.717, 1.165) is 24.8 Å². The zero-order chi connectivity index (χ0) is 30.1. The van der Waals surface area contributed by atoms with Gasteiger partial charge in [0.15, 0.2) is 0 Å². The zero-order valence-electron chi connectivity index (χ0n) is 24.1. The lowest BCUT2D eigenvalue weighted by atomic mass is 9.90. The smallest absolute Gasteiger partial charge is 0.328 e. The number of amides is 3. The quantitative estimate of drug-likeness (QED) is 0.329. The number of nitrogens with zero attached hydrogens (tertiary/aromatic N) is 5. The van der Waals surface area contributed by atoms with Crippen LogP contribution in [0, 0.1) is 11.7 Å². The standard InChI is InChI=1S/C31H35ClFN5O4/c1-34(2)31(42)38-19-25(28(39)30(41)37-14-12-35(3)13-15-37)23-17-24(26(32)18-27(23)38)29(40)36-10-8-21(9-11-36)16-20-4-6-22(33)7-5-20/h4-7,17-19,21H,8-16H2,1-3H3. The van der Waals surface area contributed by atoms with E-state index in [1.54, 1.807) is 31.1 Å². The summed E-state index contributed by atoms with van der Waals surface area (Å²) in [6.45, 7) is 3.26. The third-order valence-electron chi connectivity index (χ3n) is 8.28. The molecule has 9 nitrogen and oxygen atoms in total. The Morgan fingerprint density at radius 2 is 1.55 bits per heavy atom. The molecule has 3 amide bonds. The van der Waals surface area contributed by atoms with E-state index in [4.69, 9.17) is 11.6 Å². The molecule has 2 aromatic carbocycles. The maximum Gasteiger partial charge on any atom is 0.328 e. The molecule has 2 saturated heterocycles. The Bertz CT molecular complexity index is 1520. The fraction of sp³-hybridized carbons (Fsp3) is 0.419. The number of piperidine rings is 1. The number of aromatic nitrogens is 1. The Hall–Kier alpha value is -3.76. The third kappa shape index (κ3) is 6.05. The van der Waals surface area contributed by atoms with Crippen molar-refractivity contribution in [3.63, 3.8) is 0 Å². The summed E-state index contributed by atoms with van der Waals surface area (Å²) in [4.78, 5) is 60.1. The first kappa shape index (κ1) is 29.7. The minimum atomic E-state index is -0.725. The first-order valence-corrected chi connectivity index (χ1v) is 14.5. The molecular formula is C31H35ClFN5O4. The molecule has 0 aliphatic carbocycles. The Morgan fingerprint density at radius 1 is 0.905 bits per heavy atom. The minimum Gasteiger partial charge on any atom is -0.339 e. The van der Waals surface area contributed by atoms with E-state index in [-0.39, 0.29) is 27.9 Å². The second kappa shape index (κ2) is 12.2. The molecule has 2 fully saturated rings. The highest BCUT2D eigenvalue weighted by Gasteiger charge is 2.31. The van der Waals surface area contributed by atoms with Gasteiger partial charge in [-0.2, -0.15) is 0 Å². The van der Waals surface area contributed by atoms with Crippen molar-refractivity contribution in [2.75, 3.05) is 60.4 Å². The number of carbonyl (C=O) groups excluding carboxylic acids is 4. The van der Waals surface area contributed by atoms with E-state index in [1.165, 1.54) is 44.8 Å². The Labute approximate surface area is 249 Å². The van der Waals surface area contributed by atoms with Crippen LogP contribution in [0.25, 0.3) is 10.9 Å². The predicted octanol–water partition coefficient (Wildman–Crippen LogP) is 4.02. The average Bonchev–Trinajstić information content (AvgIpc) is 3.35. The lowest BCUT2D eigenvalue weighted by molar-refractivity contribution is -0.127. The SMILES string of the molecule is CN1CCN(C(=O)C(=O)c2cn(C(=O)N(C)C)c3cc(Cl)c(C(=O)N4CCC(Cc5ccc(F)cc5)CC4)cc23)CC1. The van der Waals surface area contributed by atoms with E-state index >= 15 is 0 Å². The lowest BCUT2D eigenvalue weighted by Gasteiger charge is -2.32. The van der Waals surface area contributed by atoms with E-state index in [1.807, 2.05) is 7.05 Å². The average molecular weight is 596 g/mol. The van der Waals surface area contributed by atoms with Gasteiger partial charge in [0.25, 0.3) is 17.6 Å². The van der Waals surface area contributed by atoms with Crippen LogP contribution in [0.3, 0.4) is 0 Å². The van der Waals surface area contributed by atoms with Gasteiger partial charge in [0.1, 0.15) is 5.82 Å². The predicted molar refractivity (Wildman–Crippen MR) is 159 cm³/mol. The molecule has 0 saturated carbocycles. The normalized spacial score (nSPS) is 16.6. The Morgan fingerprint density at radius 3 is 2.17 bits per heavy atom. The number of rotatable bonds is 5. The largest absolute Gasteiger partial charge is 0.339 e. The summed E-state index contributed by atoms with van der Waals surface area (Å²) in [6.07, 6.45) is 3.77. The van der Waals surface area contributed by atoms with Crippen LogP contribution in [0.4, 0.5) is 9.18 Å². The summed E-state index contributed by atoms with van der Waals surface area (Å²) in [7, 11) is 5.13. The van der Waals surface area contributed by atoms with E-state index in [9.17, 15) is 23.6 Å². The van der Waals surface area contributed by atoms with Crippen LogP contribution in [0.2, 0.25) is 5.02 Å². The summed E-state index contributed by atoms with van der Waals surface area (Å²) in [6, 6.07) is 9.15. The number of hydrogen-bond donors (Lipinski definition) is 0. The third-order valence-corrected chi connectivity index (χ3v) is 8.59. The van der Waals surface area contributed by atoms with Crippen molar-refractivity contribution in [1.82, 2.24) is 24.2 Å². The Kier molecular flexibility index (Phi) is 8.65. The number of benzene rings is 2. The van der Waals surface area contributed by atoms with Crippen molar-refractivity contribution in [2.24, 2.45) is 5.92 Å². The van der Waals surface area contributed by atoms with Gasteiger partial charge < -0.3 is 19.6 Å². The van der Waals surface area contributed by atoms with Gasteiger partial charge >= 0.3 is 6.03 Å². The van der Waals surface area contributed by atoms with Crippen molar-refractivity contribution in [1.29, 1.82) is 0 Å². The topological polar surface area (TPSA) is 86.2 Å². The molecule has 0 N–H and O–H groups in total. The van der Waals surface area contributed by atoms with Crippen molar-refractivity contribution in [3.05, 3.63) is 70.1 Å². The van der Waals surface area contributed by atoms with Crippen LogP contribution < -0.4 is 0 Å². The molecule has 3 aromatic rings. The van der Waals surface area contributed by atoms with Crippen molar-refractivity contribution >= 4 is 46.1 Å². The molecule has 2 aliphatic heterocycles. The molecule has 0 atom stereocenters. The molecule has 1 aromatic heterocycles. The number of Topliss-reactive ketones (excluding diaryl/α,β-unsaturated/α-hetero) is 1. The van der Waals surface area contributed by atoms with Crippen molar-refractivity contribution in [3.8, 4) is 0 Å². The van der Waals surface area contributed by atoms with Crippen LogP contribution in [0.5, 0.6) is 0 Å². The molecule has 3 heterocycles. The first-order chi connectivity index (χ1) is 20.0. The van der Waals surface area contributed by atoms with Gasteiger partial charge in [-0.05, 0) is 62.1 Å². The number of hydrogen-bond acceptors (Lipinski definition) is 5. The van der Waals surface area contributed by atoms with Gasteiger partial charge in [-0.25, -0.2) is 9.18 Å². The number of carbonyl (C=O) groups is 4. The number of piperazine rings is 1. The fourth-order valence-electron chi connectivity index (χ4n) is 5.70. The number of ketones is 1. The number of fused-ring (bicyclic) bond motifs is 1. The van der Waals surface area contributed by atoms with Crippen LogP contribution >= 0.6 is 11.6 Å². The second-order valence-corrected chi connectivity index (χ2v) is 11.8. The van der Waals surface area contributed by atoms with Crippen LogP contribution in [0.1, 0.15) is 39.1 Å². The molecule has 11 heteroatoms. The molecule has 0 spiro atoms. The van der Waals surface area contributed by atoms with Crippen LogP contribution in [-0.4, -0.2) is 108 Å². The van der Waals surface area contributed by atoms with Gasteiger partial charge in [-0.3, -0.25) is 19.0 Å². The molecule has 0 unspecified atom stereocenters. The first-order valence-electron chi connectivity index (χ1n) is 14.2.